The minimum atomic E-state index is -0.634. The van der Waals surface area contributed by atoms with E-state index < -0.39 is 18.0 Å². The van der Waals surface area contributed by atoms with Gasteiger partial charge < -0.3 is 20.1 Å². The molecule has 1 aliphatic heterocycles. The summed E-state index contributed by atoms with van der Waals surface area (Å²) in [6, 6.07) is 6.24. The van der Waals surface area contributed by atoms with Crippen LogP contribution in [-0.2, 0) is 11.3 Å². The van der Waals surface area contributed by atoms with E-state index in [4.69, 9.17) is 16.3 Å². The number of benzene rings is 1. The van der Waals surface area contributed by atoms with Crippen LogP contribution in [0.25, 0.3) is 16.8 Å². The number of hydrogen-bond acceptors (Lipinski definition) is 8. The lowest BCUT2D eigenvalue weighted by Crippen LogP contribution is -2.33. The van der Waals surface area contributed by atoms with Crippen molar-refractivity contribution < 1.29 is 23.5 Å². The molecule has 4 heterocycles. The number of nitrogens with one attached hydrogen (secondary N) is 3. The third-order valence-corrected chi connectivity index (χ3v) is 5.94. The number of halogens is 2. The summed E-state index contributed by atoms with van der Waals surface area (Å²) in [5, 5.41) is 13.2. The normalized spacial score (nSPS) is 15.4. The zero-order chi connectivity index (χ0) is 26.1. The number of aromatic nitrogens is 4. The van der Waals surface area contributed by atoms with Crippen LogP contribution >= 0.6 is 11.6 Å². The van der Waals surface area contributed by atoms with Gasteiger partial charge in [0.15, 0.2) is 5.65 Å². The molecular weight excluding hydrogens is 505 g/mol. The fourth-order valence-electron chi connectivity index (χ4n) is 3.83. The molecule has 0 aliphatic carbocycles. The first-order valence-corrected chi connectivity index (χ1v) is 11.6. The summed E-state index contributed by atoms with van der Waals surface area (Å²) in [4.78, 5) is 33.2. The number of hydrogen-bond donors (Lipinski definition) is 3. The second-order valence-corrected chi connectivity index (χ2v) is 8.66. The Hall–Kier alpha value is -4.45. The molecule has 1 aromatic carbocycles. The molecule has 2 bridgehead atoms. The molecular formula is C24H21ClFN7O4. The van der Waals surface area contributed by atoms with Gasteiger partial charge in [0, 0.05) is 35.1 Å². The van der Waals surface area contributed by atoms with Crippen LogP contribution in [0.5, 0.6) is 5.88 Å². The molecule has 1 aliphatic rings. The molecule has 0 spiro atoms. The number of methoxy groups -OCH3 is 1. The second kappa shape index (κ2) is 9.90. The SMILES string of the molecule is COC(=O)Nc1ccc(-c2cn3ncc4c3nc2NCc2cc(F)cnc2O[C@@H](C)CNC4=O)c(Cl)c1. The molecule has 11 nitrogen and oxygen atoms in total. The zero-order valence-electron chi connectivity index (χ0n) is 19.7. The van der Waals surface area contributed by atoms with Gasteiger partial charge >= 0.3 is 6.09 Å². The average molecular weight is 526 g/mol. The smallest absolute Gasteiger partial charge is 0.411 e. The van der Waals surface area contributed by atoms with E-state index in [0.717, 1.165) is 6.20 Å². The first kappa shape index (κ1) is 24.3. The Kier molecular flexibility index (Phi) is 6.49. The van der Waals surface area contributed by atoms with E-state index in [1.165, 1.54) is 23.9 Å². The molecule has 13 heteroatoms. The number of ether oxygens (including phenoxy) is 2. The summed E-state index contributed by atoms with van der Waals surface area (Å²) in [5.41, 5.74) is 2.60. The lowest BCUT2D eigenvalue weighted by molar-refractivity contribution is 0.0932. The number of carbonyl (C=O) groups excluding carboxylic acids is 2. The van der Waals surface area contributed by atoms with Crippen LogP contribution in [0.2, 0.25) is 5.02 Å². The van der Waals surface area contributed by atoms with Crippen molar-refractivity contribution in [3.8, 4) is 17.0 Å². The van der Waals surface area contributed by atoms with E-state index >= 15 is 0 Å². The molecule has 0 unspecified atom stereocenters. The molecule has 1 atom stereocenters. The second-order valence-electron chi connectivity index (χ2n) is 8.25. The minimum absolute atomic E-state index is 0.118. The van der Waals surface area contributed by atoms with E-state index in [0.29, 0.717) is 38.9 Å². The van der Waals surface area contributed by atoms with Crippen molar-refractivity contribution in [2.75, 3.05) is 24.3 Å². The molecule has 3 aromatic heterocycles. The fraction of sp³-hybridized carbons (Fsp3) is 0.208. The van der Waals surface area contributed by atoms with Gasteiger partial charge in [-0.3, -0.25) is 10.1 Å². The van der Waals surface area contributed by atoms with Crippen molar-refractivity contribution in [3.63, 3.8) is 0 Å². The molecule has 0 saturated carbocycles. The summed E-state index contributed by atoms with van der Waals surface area (Å²) in [5.74, 6) is -0.302. The van der Waals surface area contributed by atoms with Crippen LogP contribution in [0.1, 0.15) is 22.8 Å². The third kappa shape index (κ3) is 4.96. The van der Waals surface area contributed by atoms with Gasteiger partial charge in [-0.25, -0.2) is 23.7 Å². The van der Waals surface area contributed by atoms with Gasteiger partial charge in [0.2, 0.25) is 5.88 Å². The van der Waals surface area contributed by atoms with Gasteiger partial charge in [0.1, 0.15) is 23.3 Å². The molecule has 0 radical (unpaired) electrons. The molecule has 4 aromatic rings. The van der Waals surface area contributed by atoms with Gasteiger partial charge in [-0.05, 0) is 25.1 Å². The van der Waals surface area contributed by atoms with Crippen molar-refractivity contribution in [1.82, 2.24) is 24.9 Å². The summed E-state index contributed by atoms with van der Waals surface area (Å²) in [7, 11) is 1.26. The lowest BCUT2D eigenvalue weighted by Gasteiger charge is -2.17. The summed E-state index contributed by atoms with van der Waals surface area (Å²) < 4.78 is 26.0. The monoisotopic (exact) mass is 525 g/mol. The van der Waals surface area contributed by atoms with E-state index in [-0.39, 0.29) is 30.4 Å². The standard InChI is InChI=1S/C24H21ClFN7O4/c1-12-7-28-22(34)17-10-30-33-11-18(16-4-3-15(6-19(16)25)31-24(35)36-2)20(32-21(17)33)27-8-13-5-14(26)9-29-23(13)37-12/h3-6,9-12H,7-8H2,1-2H3,(H,27,32)(H,28,34)(H,31,35)/t12-/m0/s1. The summed E-state index contributed by atoms with van der Waals surface area (Å²) in [6.45, 7) is 2.08. The highest BCUT2D eigenvalue weighted by molar-refractivity contribution is 6.33. The predicted molar refractivity (Wildman–Crippen MR) is 133 cm³/mol. The maximum absolute atomic E-state index is 14.0. The van der Waals surface area contributed by atoms with Gasteiger partial charge in [0.05, 0.1) is 31.1 Å². The van der Waals surface area contributed by atoms with Gasteiger partial charge in [-0.1, -0.05) is 17.7 Å². The number of nitrogens with zero attached hydrogens (tertiary/aromatic N) is 4. The summed E-state index contributed by atoms with van der Waals surface area (Å²) in [6.07, 6.45) is 3.10. The fourth-order valence-corrected chi connectivity index (χ4v) is 4.11. The Morgan fingerprint density at radius 3 is 2.86 bits per heavy atom. The maximum Gasteiger partial charge on any atom is 0.411 e. The highest BCUT2D eigenvalue weighted by Gasteiger charge is 2.21. The Morgan fingerprint density at radius 2 is 2.08 bits per heavy atom. The van der Waals surface area contributed by atoms with Crippen LogP contribution in [0.15, 0.2) is 42.9 Å². The molecule has 5 rings (SSSR count). The number of fused-ring (bicyclic) bond motifs is 2. The molecule has 0 saturated heterocycles. The van der Waals surface area contributed by atoms with Crippen LogP contribution in [-0.4, -0.2) is 51.3 Å². The first-order chi connectivity index (χ1) is 17.8. The molecule has 190 valence electrons. The molecule has 37 heavy (non-hydrogen) atoms. The molecule has 2 amide bonds. The average Bonchev–Trinajstić information content (AvgIpc) is 3.29. The van der Waals surface area contributed by atoms with Crippen LogP contribution in [0, 0.1) is 5.82 Å². The topological polar surface area (TPSA) is 132 Å². The van der Waals surface area contributed by atoms with Crippen molar-refractivity contribution in [2.24, 2.45) is 0 Å². The van der Waals surface area contributed by atoms with Gasteiger partial charge in [0.25, 0.3) is 5.91 Å². The van der Waals surface area contributed by atoms with Crippen molar-refractivity contribution >= 4 is 40.8 Å². The van der Waals surface area contributed by atoms with E-state index in [1.807, 2.05) is 0 Å². The molecule has 0 fully saturated rings. The number of anilines is 2. The van der Waals surface area contributed by atoms with Gasteiger partial charge in [-0.15, -0.1) is 0 Å². The maximum atomic E-state index is 14.0. The molecule has 3 N–H and O–H groups in total. The Bertz CT molecular complexity index is 1530. The van der Waals surface area contributed by atoms with E-state index in [9.17, 15) is 14.0 Å². The quantitative estimate of drug-likeness (QED) is 0.359. The zero-order valence-corrected chi connectivity index (χ0v) is 20.5. The van der Waals surface area contributed by atoms with Crippen LogP contribution in [0.4, 0.5) is 20.7 Å². The first-order valence-electron chi connectivity index (χ1n) is 11.2. The highest BCUT2D eigenvalue weighted by Crippen LogP contribution is 2.35. The highest BCUT2D eigenvalue weighted by atomic mass is 35.5. The van der Waals surface area contributed by atoms with Crippen molar-refractivity contribution in [3.05, 3.63) is 64.8 Å². The number of carbonyl (C=O) groups is 2. The Balaban J connectivity index is 1.62. The van der Waals surface area contributed by atoms with Crippen molar-refractivity contribution in [2.45, 2.75) is 19.6 Å². The number of rotatable bonds is 2. The van der Waals surface area contributed by atoms with Gasteiger partial charge in [-0.2, -0.15) is 5.10 Å². The lowest BCUT2D eigenvalue weighted by atomic mass is 10.1. The van der Waals surface area contributed by atoms with Crippen molar-refractivity contribution in [1.29, 1.82) is 0 Å². The van der Waals surface area contributed by atoms with Crippen LogP contribution in [0.3, 0.4) is 0 Å². The number of pyridine rings is 1. The minimum Gasteiger partial charge on any atom is -0.473 e. The van der Waals surface area contributed by atoms with E-state index in [2.05, 4.69) is 35.8 Å². The number of amides is 2. The largest absolute Gasteiger partial charge is 0.473 e. The predicted octanol–water partition coefficient (Wildman–Crippen LogP) is 3.88. The summed E-state index contributed by atoms with van der Waals surface area (Å²) >= 11 is 6.58. The van der Waals surface area contributed by atoms with Crippen LogP contribution < -0.4 is 20.7 Å². The Morgan fingerprint density at radius 1 is 1.24 bits per heavy atom. The Labute approximate surface area is 215 Å². The van der Waals surface area contributed by atoms with E-state index in [1.54, 1.807) is 31.3 Å². The third-order valence-electron chi connectivity index (χ3n) is 5.63.